The molecule has 1 saturated heterocycles. The number of aliphatic carboxylic acids is 4. The highest BCUT2D eigenvalue weighted by atomic mass is 16.4. The van der Waals surface area contributed by atoms with E-state index in [9.17, 15) is 19.2 Å². The van der Waals surface area contributed by atoms with Crippen molar-refractivity contribution in [2.24, 2.45) is 0 Å². The Morgan fingerprint density at radius 1 is 0.808 bits per heavy atom. The topological polar surface area (TPSA) is 159 Å². The fraction of sp³-hybridized carbons (Fsp3) is 0.733. The molecule has 0 bridgehead atoms. The van der Waals surface area contributed by atoms with E-state index in [1.807, 2.05) is 0 Å². The molecule has 26 heavy (non-hydrogen) atoms. The quantitative estimate of drug-likeness (QED) is 0.367. The smallest absolute Gasteiger partial charge is 0.317 e. The summed E-state index contributed by atoms with van der Waals surface area (Å²) in [4.78, 5) is 49.0. The van der Waals surface area contributed by atoms with Gasteiger partial charge in [0.2, 0.25) is 0 Å². The van der Waals surface area contributed by atoms with E-state index in [2.05, 4.69) is 0 Å². The van der Waals surface area contributed by atoms with E-state index < -0.39 is 42.5 Å². The molecule has 0 aromatic carbocycles. The minimum Gasteiger partial charge on any atom is -0.480 e. The second-order valence-corrected chi connectivity index (χ2v) is 6.70. The number of carboxylic acid groups (broad SMARTS) is 4. The largest absolute Gasteiger partial charge is 0.480 e. The Balaban J connectivity index is 3.15. The molecule has 11 heteroatoms. The van der Waals surface area contributed by atoms with Gasteiger partial charge in [0.15, 0.2) is 0 Å². The Morgan fingerprint density at radius 3 is 1.50 bits per heavy atom. The lowest BCUT2D eigenvalue weighted by Crippen LogP contribution is -2.63. The number of carboxylic acids is 4. The third-order valence-corrected chi connectivity index (χ3v) is 4.21. The van der Waals surface area contributed by atoms with E-state index in [0.29, 0.717) is 19.5 Å². The second-order valence-electron chi connectivity index (χ2n) is 6.70. The van der Waals surface area contributed by atoms with Gasteiger partial charge in [0.1, 0.15) is 0 Å². The van der Waals surface area contributed by atoms with Gasteiger partial charge in [-0.3, -0.25) is 33.9 Å². The van der Waals surface area contributed by atoms with Crippen molar-refractivity contribution in [3.05, 3.63) is 0 Å². The first-order valence-electron chi connectivity index (χ1n) is 8.09. The van der Waals surface area contributed by atoms with Crippen LogP contribution in [0.1, 0.15) is 13.3 Å². The maximum absolute atomic E-state index is 11.2. The molecule has 0 amide bonds. The van der Waals surface area contributed by atoms with Crippen LogP contribution in [0.25, 0.3) is 0 Å². The average molecular weight is 375 g/mol. The van der Waals surface area contributed by atoms with Crippen molar-refractivity contribution in [1.29, 1.82) is 0 Å². The molecular formula is C15H25N3O8. The highest BCUT2D eigenvalue weighted by molar-refractivity contribution is 5.73. The summed E-state index contributed by atoms with van der Waals surface area (Å²) in [7, 11) is 0. The molecular weight excluding hydrogens is 350 g/mol. The summed E-state index contributed by atoms with van der Waals surface area (Å²) in [5.41, 5.74) is -1.05. The lowest BCUT2D eigenvalue weighted by molar-refractivity contribution is -0.149. The average Bonchev–Trinajstić information content (AvgIpc) is 2.42. The summed E-state index contributed by atoms with van der Waals surface area (Å²) in [6.07, 6.45) is 0.550. The maximum atomic E-state index is 11.2. The van der Waals surface area contributed by atoms with Crippen LogP contribution in [0, 0.1) is 0 Å². The van der Waals surface area contributed by atoms with Crippen molar-refractivity contribution < 1.29 is 39.6 Å². The maximum Gasteiger partial charge on any atom is 0.317 e. The van der Waals surface area contributed by atoms with Crippen LogP contribution in [0.3, 0.4) is 0 Å². The predicted molar refractivity (Wildman–Crippen MR) is 88.0 cm³/mol. The molecule has 0 radical (unpaired) electrons. The number of carbonyl (C=O) groups is 4. The van der Waals surface area contributed by atoms with E-state index in [1.165, 1.54) is 4.90 Å². The molecule has 0 saturated carbocycles. The van der Waals surface area contributed by atoms with Gasteiger partial charge in [-0.2, -0.15) is 0 Å². The fourth-order valence-electron chi connectivity index (χ4n) is 3.31. The molecule has 0 atom stereocenters. The molecule has 0 unspecified atom stereocenters. The SMILES string of the molecule is CC1(N(CC(=O)O)CC(=O)O)CN(CC(=O)O)CCCN(CC(=O)O)C1. The highest BCUT2D eigenvalue weighted by Gasteiger charge is 2.39. The lowest BCUT2D eigenvalue weighted by Gasteiger charge is -2.46. The van der Waals surface area contributed by atoms with Crippen molar-refractivity contribution in [3.8, 4) is 0 Å². The first-order chi connectivity index (χ1) is 12.0. The third kappa shape index (κ3) is 7.33. The second kappa shape index (κ2) is 9.46. The van der Waals surface area contributed by atoms with Gasteiger partial charge >= 0.3 is 23.9 Å². The van der Waals surface area contributed by atoms with E-state index in [0.717, 1.165) is 0 Å². The molecule has 1 fully saturated rings. The molecule has 4 N–H and O–H groups in total. The van der Waals surface area contributed by atoms with Gasteiger partial charge in [0.25, 0.3) is 0 Å². The first kappa shape index (κ1) is 21.8. The number of rotatable bonds is 9. The summed E-state index contributed by atoms with van der Waals surface area (Å²) >= 11 is 0. The van der Waals surface area contributed by atoms with Gasteiger partial charge in [-0.15, -0.1) is 0 Å². The lowest BCUT2D eigenvalue weighted by atomic mass is 9.95. The zero-order valence-corrected chi connectivity index (χ0v) is 14.6. The molecule has 1 rings (SSSR count). The summed E-state index contributed by atoms with van der Waals surface area (Å²) in [5.74, 6) is -4.52. The van der Waals surface area contributed by atoms with E-state index >= 15 is 0 Å². The summed E-state index contributed by atoms with van der Waals surface area (Å²) in [5, 5.41) is 36.4. The Bertz CT molecular complexity index is 511. The van der Waals surface area contributed by atoms with Crippen molar-refractivity contribution >= 4 is 23.9 Å². The van der Waals surface area contributed by atoms with Gasteiger partial charge in [0, 0.05) is 31.7 Å². The van der Waals surface area contributed by atoms with Crippen LogP contribution in [-0.4, -0.2) is 117 Å². The molecule has 0 aromatic heterocycles. The molecule has 1 heterocycles. The highest BCUT2D eigenvalue weighted by Crippen LogP contribution is 2.21. The number of hydrogen-bond acceptors (Lipinski definition) is 7. The molecule has 1 aliphatic heterocycles. The van der Waals surface area contributed by atoms with E-state index in [1.54, 1.807) is 16.7 Å². The molecule has 0 spiro atoms. The zero-order chi connectivity index (χ0) is 19.9. The van der Waals surface area contributed by atoms with Crippen LogP contribution in [0.15, 0.2) is 0 Å². The van der Waals surface area contributed by atoms with Crippen molar-refractivity contribution in [2.75, 3.05) is 52.4 Å². The molecule has 0 aliphatic carbocycles. The van der Waals surface area contributed by atoms with Crippen LogP contribution in [0.2, 0.25) is 0 Å². The minimum absolute atomic E-state index is 0.107. The number of nitrogens with zero attached hydrogens (tertiary/aromatic N) is 3. The summed E-state index contributed by atoms with van der Waals surface area (Å²) < 4.78 is 0. The number of hydrogen-bond donors (Lipinski definition) is 4. The van der Waals surface area contributed by atoms with Gasteiger partial charge in [-0.05, 0) is 13.3 Å². The minimum atomic E-state index is -1.22. The third-order valence-electron chi connectivity index (χ3n) is 4.21. The van der Waals surface area contributed by atoms with Gasteiger partial charge in [0.05, 0.1) is 26.2 Å². The Kier molecular flexibility index (Phi) is 7.93. The van der Waals surface area contributed by atoms with Gasteiger partial charge in [-0.25, -0.2) is 0 Å². The molecule has 148 valence electrons. The van der Waals surface area contributed by atoms with E-state index in [-0.39, 0.29) is 26.2 Å². The van der Waals surface area contributed by atoms with Crippen molar-refractivity contribution in [3.63, 3.8) is 0 Å². The monoisotopic (exact) mass is 375 g/mol. The van der Waals surface area contributed by atoms with Crippen LogP contribution in [0.5, 0.6) is 0 Å². The van der Waals surface area contributed by atoms with Crippen LogP contribution < -0.4 is 0 Å². The van der Waals surface area contributed by atoms with Gasteiger partial charge in [-0.1, -0.05) is 0 Å². The zero-order valence-electron chi connectivity index (χ0n) is 14.6. The summed E-state index contributed by atoms with van der Waals surface area (Å²) in [6, 6.07) is 0. The normalized spacial score (nSPS) is 18.8. The van der Waals surface area contributed by atoms with Crippen LogP contribution in [0.4, 0.5) is 0 Å². The molecule has 11 nitrogen and oxygen atoms in total. The first-order valence-corrected chi connectivity index (χ1v) is 8.09. The van der Waals surface area contributed by atoms with Crippen LogP contribution in [-0.2, 0) is 19.2 Å². The molecule has 0 aromatic rings. The van der Waals surface area contributed by atoms with Crippen LogP contribution >= 0.6 is 0 Å². The van der Waals surface area contributed by atoms with Crippen molar-refractivity contribution in [2.45, 2.75) is 18.9 Å². The fourth-order valence-corrected chi connectivity index (χ4v) is 3.31. The Hall–Kier alpha value is -2.24. The standard InChI is InChI=1S/C15H25N3O8/c1-15(18(7-13(23)24)8-14(25)26)9-16(5-11(19)20)3-2-4-17(10-15)6-12(21)22/h2-10H2,1H3,(H,19,20)(H,21,22)(H,23,24)(H,25,26). The summed E-state index contributed by atoms with van der Waals surface area (Å²) in [6.45, 7) is 0.984. The molecule has 1 aliphatic rings. The van der Waals surface area contributed by atoms with E-state index in [4.69, 9.17) is 20.4 Å². The van der Waals surface area contributed by atoms with Crippen molar-refractivity contribution in [1.82, 2.24) is 14.7 Å². The Labute approximate surface area is 150 Å². The Morgan fingerprint density at radius 2 is 1.19 bits per heavy atom. The predicted octanol–water partition coefficient (Wildman–Crippen LogP) is -1.61. The van der Waals surface area contributed by atoms with Gasteiger partial charge < -0.3 is 20.4 Å².